The lowest BCUT2D eigenvalue weighted by Gasteiger charge is -2.23. The van der Waals surface area contributed by atoms with Crippen molar-refractivity contribution >= 4 is 17.8 Å². The van der Waals surface area contributed by atoms with Crippen LogP contribution >= 0.6 is 0 Å². The molecule has 0 spiro atoms. The summed E-state index contributed by atoms with van der Waals surface area (Å²) >= 11 is 0. The zero-order valence-electron chi connectivity index (χ0n) is 11.9. The first-order valence-electron chi connectivity index (χ1n) is 6.29. The molecule has 0 aliphatic rings. The van der Waals surface area contributed by atoms with Crippen molar-refractivity contribution in [3.8, 4) is 0 Å². The maximum Gasteiger partial charge on any atom is 0.278 e. The first-order valence-corrected chi connectivity index (χ1v) is 6.29. The number of quaternary nitrogens is 1. The standard InChI is InChI=1S/C12H23N3O4/c1-6(2)5-9(15-10(16)7(3)13)11(17)14-8(4)12(18)19/h6-9H,5,13H2,1-4H3,(H,14,17)(H,15,16)(H,18,19)/t7-,8-,9-/m0/s1. The van der Waals surface area contributed by atoms with E-state index in [-0.39, 0.29) is 11.8 Å². The normalized spacial score (nSPS) is 15.5. The van der Waals surface area contributed by atoms with Crippen molar-refractivity contribution in [2.45, 2.75) is 52.2 Å². The Hall–Kier alpha value is -1.63. The Bertz CT molecular complexity index is 342. The van der Waals surface area contributed by atoms with Crippen molar-refractivity contribution in [1.82, 2.24) is 10.6 Å². The fraction of sp³-hybridized carbons (Fsp3) is 0.750. The Morgan fingerprint density at radius 3 is 1.95 bits per heavy atom. The third-order valence-corrected chi connectivity index (χ3v) is 2.50. The van der Waals surface area contributed by atoms with Gasteiger partial charge in [0.25, 0.3) is 5.91 Å². The quantitative estimate of drug-likeness (QED) is 0.470. The van der Waals surface area contributed by atoms with Crippen LogP contribution in [0.15, 0.2) is 0 Å². The van der Waals surface area contributed by atoms with E-state index in [0.29, 0.717) is 6.42 Å². The summed E-state index contributed by atoms with van der Waals surface area (Å²) in [5.74, 6) is -2.07. The van der Waals surface area contributed by atoms with Gasteiger partial charge in [0.1, 0.15) is 6.04 Å². The van der Waals surface area contributed by atoms with Gasteiger partial charge in [-0.25, -0.2) is 0 Å². The summed E-state index contributed by atoms with van der Waals surface area (Å²) in [4.78, 5) is 34.1. The Balaban J connectivity index is 4.69. The van der Waals surface area contributed by atoms with Gasteiger partial charge in [0.05, 0.1) is 12.0 Å². The highest BCUT2D eigenvalue weighted by atomic mass is 16.4. The van der Waals surface area contributed by atoms with Crippen molar-refractivity contribution in [2.75, 3.05) is 0 Å². The van der Waals surface area contributed by atoms with E-state index < -0.39 is 30.0 Å². The van der Waals surface area contributed by atoms with Gasteiger partial charge in [-0.15, -0.1) is 0 Å². The lowest BCUT2D eigenvalue weighted by atomic mass is 10.0. The fourth-order valence-corrected chi connectivity index (χ4v) is 1.39. The Morgan fingerprint density at radius 2 is 1.58 bits per heavy atom. The summed E-state index contributed by atoms with van der Waals surface area (Å²) in [6, 6.07) is -2.35. The third kappa shape index (κ3) is 6.76. The number of carbonyl (C=O) groups is 3. The highest BCUT2D eigenvalue weighted by Crippen LogP contribution is 2.05. The molecule has 0 aromatic rings. The summed E-state index contributed by atoms with van der Waals surface area (Å²) < 4.78 is 0. The SMILES string of the molecule is CC(C)C[C@H](NC(=O)[C@H](C)[NH3+])C(=O)N[C@@H](C)C(=O)[O-]. The van der Waals surface area contributed by atoms with Crippen LogP contribution in [0.25, 0.3) is 0 Å². The number of carbonyl (C=O) groups excluding carboxylic acids is 3. The van der Waals surface area contributed by atoms with Crippen LogP contribution in [0, 0.1) is 5.92 Å². The average Bonchev–Trinajstić information content (AvgIpc) is 2.26. The molecular weight excluding hydrogens is 250 g/mol. The molecule has 0 saturated carbocycles. The maximum atomic E-state index is 11.9. The molecule has 0 rings (SSSR count). The fourth-order valence-electron chi connectivity index (χ4n) is 1.39. The zero-order valence-corrected chi connectivity index (χ0v) is 11.9. The van der Waals surface area contributed by atoms with Crippen LogP contribution in [-0.2, 0) is 14.4 Å². The number of aliphatic carboxylic acids is 1. The summed E-state index contributed by atoms with van der Waals surface area (Å²) in [6.07, 6.45) is 0.421. The lowest BCUT2D eigenvalue weighted by molar-refractivity contribution is -0.398. The Kier molecular flexibility index (Phi) is 7.06. The predicted molar refractivity (Wildman–Crippen MR) is 66.3 cm³/mol. The molecule has 2 amide bonds. The minimum absolute atomic E-state index is 0.175. The van der Waals surface area contributed by atoms with Gasteiger partial charge >= 0.3 is 0 Å². The molecular formula is C12H23N3O4. The zero-order chi connectivity index (χ0) is 15.2. The van der Waals surface area contributed by atoms with E-state index in [4.69, 9.17) is 0 Å². The van der Waals surface area contributed by atoms with Crippen molar-refractivity contribution < 1.29 is 25.2 Å². The van der Waals surface area contributed by atoms with Gasteiger partial charge in [0.15, 0.2) is 6.04 Å². The number of amides is 2. The minimum Gasteiger partial charge on any atom is -0.548 e. The molecule has 7 nitrogen and oxygen atoms in total. The molecule has 0 unspecified atom stereocenters. The molecule has 0 bridgehead atoms. The molecule has 0 heterocycles. The van der Waals surface area contributed by atoms with Crippen molar-refractivity contribution in [1.29, 1.82) is 0 Å². The molecule has 5 N–H and O–H groups in total. The first kappa shape index (κ1) is 17.4. The highest BCUT2D eigenvalue weighted by Gasteiger charge is 2.25. The summed E-state index contributed by atoms with van der Waals surface area (Å²) in [7, 11) is 0. The predicted octanol–water partition coefficient (Wildman–Crippen LogP) is -2.60. The third-order valence-electron chi connectivity index (χ3n) is 2.50. The molecule has 0 saturated heterocycles. The van der Waals surface area contributed by atoms with Crippen molar-refractivity contribution in [3.63, 3.8) is 0 Å². The number of hydrogen-bond donors (Lipinski definition) is 3. The summed E-state index contributed by atoms with van der Waals surface area (Å²) in [5.41, 5.74) is 3.57. The summed E-state index contributed by atoms with van der Waals surface area (Å²) in [5, 5.41) is 15.4. The van der Waals surface area contributed by atoms with Crippen LogP contribution in [0.1, 0.15) is 34.1 Å². The van der Waals surface area contributed by atoms with E-state index in [1.807, 2.05) is 13.8 Å². The van der Waals surface area contributed by atoms with Crippen molar-refractivity contribution in [3.05, 3.63) is 0 Å². The number of nitrogens with one attached hydrogen (secondary N) is 2. The first-order chi connectivity index (χ1) is 8.65. The molecule has 110 valence electrons. The summed E-state index contributed by atoms with van der Waals surface area (Å²) in [6.45, 7) is 6.74. The van der Waals surface area contributed by atoms with E-state index in [1.165, 1.54) is 6.92 Å². The Labute approximate surface area is 112 Å². The average molecular weight is 273 g/mol. The van der Waals surface area contributed by atoms with E-state index in [0.717, 1.165) is 0 Å². The molecule has 0 aliphatic heterocycles. The number of carboxylic acid groups (broad SMARTS) is 1. The molecule has 19 heavy (non-hydrogen) atoms. The van der Waals surface area contributed by atoms with Gasteiger partial charge in [0.2, 0.25) is 5.91 Å². The molecule has 3 atom stereocenters. The van der Waals surface area contributed by atoms with Crippen LogP contribution in [-0.4, -0.2) is 35.9 Å². The molecule has 0 aromatic heterocycles. The second-order valence-electron chi connectivity index (χ2n) is 5.14. The van der Waals surface area contributed by atoms with Gasteiger partial charge in [0, 0.05) is 0 Å². The van der Waals surface area contributed by atoms with Crippen LogP contribution in [0.5, 0.6) is 0 Å². The Morgan fingerprint density at radius 1 is 1.05 bits per heavy atom. The second-order valence-corrected chi connectivity index (χ2v) is 5.14. The van der Waals surface area contributed by atoms with E-state index in [2.05, 4.69) is 16.4 Å². The second kappa shape index (κ2) is 7.73. The molecule has 0 aliphatic carbocycles. The highest BCUT2D eigenvalue weighted by molar-refractivity contribution is 5.90. The van der Waals surface area contributed by atoms with Gasteiger partial charge < -0.3 is 26.3 Å². The number of hydrogen-bond acceptors (Lipinski definition) is 4. The topological polar surface area (TPSA) is 126 Å². The van der Waals surface area contributed by atoms with Crippen LogP contribution < -0.4 is 21.5 Å². The van der Waals surface area contributed by atoms with Crippen LogP contribution in [0.2, 0.25) is 0 Å². The largest absolute Gasteiger partial charge is 0.548 e. The van der Waals surface area contributed by atoms with E-state index in [9.17, 15) is 19.5 Å². The van der Waals surface area contributed by atoms with Crippen LogP contribution in [0.4, 0.5) is 0 Å². The molecule has 0 radical (unpaired) electrons. The monoisotopic (exact) mass is 273 g/mol. The maximum absolute atomic E-state index is 11.9. The number of rotatable bonds is 7. The van der Waals surface area contributed by atoms with E-state index >= 15 is 0 Å². The van der Waals surface area contributed by atoms with Gasteiger partial charge in [-0.05, 0) is 26.2 Å². The molecule has 0 fully saturated rings. The smallest absolute Gasteiger partial charge is 0.278 e. The lowest BCUT2D eigenvalue weighted by Crippen LogP contribution is -2.67. The van der Waals surface area contributed by atoms with Gasteiger partial charge in [-0.2, -0.15) is 0 Å². The van der Waals surface area contributed by atoms with Gasteiger partial charge in [-0.3, -0.25) is 9.59 Å². The van der Waals surface area contributed by atoms with E-state index in [1.54, 1.807) is 6.92 Å². The molecule has 0 aromatic carbocycles. The van der Waals surface area contributed by atoms with Gasteiger partial charge in [-0.1, -0.05) is 13.8 Å². The minimum atomic E-state index is -1.37. The number of carboxylic acids is 1. The molecule has 7 heteroatoms. The van der Waals surface area contributed by atoms with Crippen LogP contribution in [0.3, 0.4) is 0 Å². The van der Waals surface area contributed by atoms with Crippen molar-refractivity contribution in [2.24, 2.45) is 5.92 Å².